The summed E-state index contributed by atoms with van der Waals surface area (Å²) < 4.78 is 5.65. The molecule has 2 unspecified atom stereocenters. The molecule has 0 aromatic rings. The third-order valence-electron chi connectivity index (χ3n) is 4.31. The van der Waals surface area contributed by atoms with E-state index in [1.54, 1.807) is 0 Å². The summed E-state index contributed by atoms with van der Waals surface area (Å²) in [6.45, 7) is 2.76. The minimum Gasteiger partial charge on any atom is -0.368 e. The molecule has 4 heteroatoms. The summed E-state index contributed by atoms with van der Waals surface area (Å²) in [6, 6.07) is 1.02. The zero-order chi connectivity index (χ0) is 12.4. The molecule has 0 aromatic heterocycles. The number of nitrogens with zero attached hydrogens (tertiary/aromatic N) is 1. The van der Waals surface area contributed by atoms with Crippen molar-refractivity contribution in [3.63, 3.8) is 0 Å². The van der Waals surface area contributed by atoms with E-state index in [4.69, 9.17) is 4.74 Å². The Morgan fingerprint density at radius 3 is 2.67 bits per heavy atom. The van der Waals surface area contributed by atoms with Gasteiger partial charge in [-0.15, -0.1) is 0 Å². The lowest BCUT2D eigenvalue weighted by Crippen LogP contribution is -2.48. The number of hydrogen-bond donors (Lipinski definition) is 1. The molecule has 2 saturated heterocycles. The molecular weight excluding hydrogens is 228 g/mol. The Balaban J connectivity index is 1.59. The summed E-state index contributed by atoms with van der Waals surface area (Å²) in [5.41, 5.74) is 0. The highest BCUT2D eigenvalue weighted by molar-refractivity contribution is 5.81. The minimum absolute atomic E-state index is 0.152. The summed E-state index contributed by atoms with van der Waals surface area (Å²) in [4.78, 5) is 14.7. The molecule has 1 saturated carbocycles. The SMILES string of the molecule is O=C(C1CCCCO1)N(CC1CCCN1)C1CC1. The van der Waals surface area contributed by atoms with Crippen LogP contribution in [0.1, 0.15) is 44.9 Å². The molecule has 102 valence electrons. The van der Waals surface area contributed by atoms with E-state index in [2.05, 4.69) is 10.2 Å². The highest BCUT2D eigenvalue weighted by atomic mass is 16.5. The van der Waals surface area contributed by atoms with Gasteiger partial charge in [-0.3, -0.25) is 4.79 Å². The summed E-state index contributed by atoms with van der Waals surface area (Å²) in [5.74, 6) is 0.255. The Kier molecular flexibility index (Phi) is 3.85. The molecule has 1 amide bonds. The molecule has 0 radical (unpaired) electrons. The lowest BCUT2D eigenvalue weighted by atomic mass is 10.1. The van der Waals surface area contributed by atoms with E-state index in [0.717, 1.165) is 39.0 Å². The van der Waals surface area contributed by atoms with Crippen molar-refractivity contribution in [1.29, 1.82) is 0 Å². The molecule has 1 aliphatic carbocycles. The zero-order valence-corrected chi connectivity index (χ0v) is 11.1. The van der Waals surface area contributed by atoms with Gasteiger partial charge in [0.05, 0.1) is 0 Å². The van der Waals surface area contributed by atoms with Crippen LogP contribution in [0, 0.1) is 0 Å². The summed E-state index contributed by atoms with van der Waals surface area (Å²) >= 11 is 0. The second-order valence-electron chi connectivity index (χ2n) is 5.87. The van der Waals surface area contributed by atoms with Gasteiger partial charge in [-0.05, 0) is 51.5 Å². The molecule has 0 bridgehead atoms. The third kappa shape index (κ3) is 2.86. The van der Waals surface area contributed by atoms with E-state index in [9.17, 15) is 4.79 Å². The van der Waals surface area contributed by atoms with Crippen molar-refractivity contribution in [3.05, 3.63) is 0 Å². The first-order valence-electron chi connectivity index (χ1n) is 7.50. The number of carbonyl (C=O) groups excluding carboxylic acids is 1. The van der Waals surface area contributed by atoms with Crippen molar-refractivity contribution in [3.8, 4) is 0 Å². The summed E-state index contributed by atoms with van der Waals surface area (Å²) in [5, 5.41) is 3.49. The van der Waals surface area contributed by atoms with Crippen molar-refractivity contribution in [2.45, 2.75) is 63.1 Å². The first-order chi connectivity index (χ1) is 8.84. The van der Waals surface area contributed by atoms with Crippen LogP contribution in [0.25, 0.3) is 0 Å². The summed E-state index contributed by atoms with van der Waals surface area (Å²) in [7, 11) is 0. The van der Waals surface area contributed by atoms with Crippen LogP contribution in [0.15, 0.2) is 0 Å². The number of rotatable bonds is 4. The van der Waals surface area contributed by atoms with Gasteiger partial charge in [0, 0.05) is 25.2 Å². The smallest absolute Gasteiger partial charge is 0.252 e. The molecule has 2 atom stereocenters. The fraction of sp³-hybridized carbons (Fsp3) is 0.929. The predicted molar refractivity (Wildman–Crippen MR) is 69.4 cm³/mol. The van der Waals surface area contributed by atoms with Crippen molar-refractivity contribution < 1.29 is 9.53 Å². The highest BCUT2D eigenvalue weighted by Gasteiger charge is 2.38. The van der Waals surface area contributed by atoms with Crippen molar-refractivity contribution in [2.24, 2.45) is 0 Å². The monoisotopic (exact) mass is 252 g/mol. The molecule has 0 spiro atoms. The van der Waals surface area contributed by atoms with Gasteiger partial charge in [0.15, 0.2) is 0 Å². The average Bonchev–Trinajstić information content (AvgIpc) is 3.13. The van der Waals surface area contributed by atoms with Gasteiger partial charge in [0.25, 0.3) is 5.91 Å². The van der Waals surface area contributed by atoms with Crippen LogP contribution in [0.2, 0.25) is 0 Å². The van der Waals surface area contributed by atoms with Gasteiger partial charge in [0.1, 0.15) is 6.10 Å². The van der Waals surface area contributed by atoms with Crippen LogP contribution in [0.3, 0.4) is 0 Å². The molecule has 18 heavy (non-hydrogen) atoms. The maximum atomic E-state index is 12.5. The Morgan fingerprint density at radius 1 is 1.17 bits per heavy atom. The molecule has 4 nitrogen and oxygen atoms in total. The maximum absolute atomic E-state index is 12.5. The number of ether oxygens (including phenoxy) is 1. The normalized spacial score (nSPS) is 32.4. The fourth-order valence-corrected chi connectivity index (χ4v) is 3.08. The van der Waals surface area contributed by atoms with E-state index >= 15 is 0 Å². The largest absolute Gasteiger partial charge is 0.368 e. The topological polar surface area (TPSA) is 41.6 Å². The Hall–Kier alpha value is -0.610. The van der Waals surface area contributed by atoms with Crippen LogP contribution in [-0.2, 0) is 9.53 Å². The Labute approximate surface area is 109 Å². The number of amides is 1. The van der Waals surface area contributed by atoms with Crippen LogP contribution >= 0.6 is 0 Å². The van der Waals surface area contributed by atoms with Gasteiger partial charge in [0.2, 0.25) is 0 Å². The number of carbonyl (C=O) groups is 1. The lowest BCUT2D eigenvalue weighted by Gasteiger charge is -2.31. The molecule has 3 rings (SSSR count). The Morgan fingerprint density at radius 2 is 2.06 bits per heavy atom. The number of hydrogen-bond acceptors (Lipinski definition) is 3. The van der Waals surface area contributed by atoms with Crippen LogP contribution < -0.4 is 5.32 Å². The van der Waals surface area contributed by atoms with E-state index < -0.39 is 0 Å². The molecule has 3 fully saturated rings. The molecule has 2 aliphatic heterocycles. The molecular formula is C14H24N2O2. The first kappa shape index (κ1) is 12.4. The quantitative estimate of drug-likeness (QED) is 0.820. The van der Waals surface area contributed by atoms with Crippen LogP contribution in [0.4, 0.5) is 0 Å². The van der Waals surface area contributed by atoms with Gasteiger partial charge >= 0.3 is 0 Å². The molecule has 1 N–H and O–H groups in total. The van der Waals surface area contributed by atoms with Gasteiger partial charge in [-0.25, -0.2) is 0 Å². The third-order valence-corrected chi connectivity index (χ3v) is 4.31. The van der Waals surface area contributed by atoms with E-state index in [1.807, 2.05) is 0 Å². The van der Waals surface area contributed by atoms with Gasteiger partial charge < -0.3 is 15.0 Å². The molecule has 3 aliphatic rings. The van der Waals surface area contributed by atoms with E-state index in [0.29, 0.717) is 12.1 Å². The number of nitrogens with one attached hydrogen (secondary N) is 1. The Bertz CT molecular complexity index is 292. The zero-order valence-electron chi connectivity index (χ0n) is 11.1. The predicted octanol–water partition coefficient (Wildman–Crippen LogP) is 1.30. The highest BCUT2D eigenvalue weighted by Crippen LogP contribution is 2.29. The van der Waals surface area contributed by atoms with Gasteiger partial charge in [-0.1, -0.05) is 0 Å². The minimum atomic E-state index is -0.152. The first-order valence-corrected chi connectivity index (χ1v) is 7.50. The second kappa shape index (κ2) is 5.57. The summed E-state index contributed by atoms with van der Waals surface area (Å²) in [6.07, 6.45) is 7.84. The van der Waals surface area contributed by atoms with E-state index in [-0.39, 0.29) is 12.0 Å². The van der Waals surface area contributed by atoms with Crippen LogP contribution in [-0.4, -0.2) is 48.7 Å². The van der Waals surface area contributed by atoms with Gasteiger partial charge in [-0.2, -0.15) is 0 Å². The standard InChI is InChI=1S/C14H24N2O2/c17-14(13-5-1-2-9-18-13)16(12-6-7-12)10-11-4-3-8-15-11/h11-13,15H,1-10H2. The van der Waals surface area contributed by atoms with E-state index in [1.165, 1.54) is 25.7 Å². The van der Waals surface area contributed by atoms with Crippen molar-refractivity contribution >= 4 is 5.91 Å². The maximum Gasteiger partial charge on any atom is 0.252 e. The lowest BCUT2D eigenvalue weighted by molar-refractivity contribution is -0.147. The fourth-order valence-electron chi connectivity index (χ4n) is 3.08. The van der Waals surface area contributed by atoms with Crippen LogP contribution in [0.5, 0.6) is 0 Å². The van der Waals surface area contributed by atoms with Crippen molar-refractivity contribution in [2.75, 3.05) is 19.7 Å². The average molecular weight is 252 g/mol. The molecule has 0 aromatic carbocycles. The second-order valence-corrected chi connectivity index (χ2v) is 5.87. The van der Waals surface area contributed by atoms with Crippen molar-refractivity contribution in [1.82, 2.24) is 10.2 Å². The molecule has 2 heterocycles.